The summed E-state index contributed by atoms with van der Waals surface area (Å²) in [6.45, 7) is 0.355. The largest absolute Gasteiger partial charge is 0.493 e. The second-order valence-corrected chi connectivity index (χ2v) is 7.85. The van der Waals surface area contributed by atoms with Gasteiger partial charge < -0.3 is 14.9 Å². The van der Waals surface area contributed by atoms with Crippen LogP contribution in [0.4, 0.5) is 0 Å². The molecular weight excluding hydrogens is 356 g/mol. The number of hydrogen-bond donors (Lipinski definition) is 2. The first-order chi connectivity index (χ1) is 12.2. The first kappa shape index (κ1) is 18.5. The van der Waals surface area contributed by atoms with Gasteiger partial charge in [0, 0.05) is 15.8 Å². The third-order valence-corrected chi connectivity index (χ3v) is 5.73. The molecule has 1 aromatic carbocycles. The lowest BCUT2D eigenvalue weighted by atomic mass is 9.96. The fraction of sp³-hybridized carbons (Fsp3) is 0.400. The van der Waals surface area contributed by atoms with Crippen LogP contribution in [-0.4, -0.2) is 22.9 Å². The maximum atomic E-state index is 10.3. The minimum Gasteiger partial charge on any atom is -0.493 e. The van der Waals surface area contributed by atoms with E-state index in [1.807, 2.05) is 0 Å². The first-order valence-corrected chi connectivity index (χ1v) is 9.84. The van der Waals surface area contributed by atoms with E-state index >= 15 is 0 Å². The maximum absolute atomic E-state index is 10.3. The van der Waals surface area contributed by atoms with Crippen LogP contribution in [0.2, 0.25) is 5.02 Å². The molecule has 1 aromatic heterocycles. The molecule has 0 saturated carbocycles. The number of halogens is 1. The number of ether oxygens (including phenoxy) is 1. The lowest BCUT2D eigenvalue weighted by Gasteiger charge is -2.20. The zero-order valence-electron chi connectivity index (χ0n) is 14.0. The quantitative estimate of drug-likeness (QED) is 0.660. The average Bonchev–Trinajstić information content (AvgIpc) is 3.23. The van der Waals surface area contributed by atoms with Crippen molar-refractivity contribution in [3.63, 3.8) is 0 Å². The Morgan fingerprint density at radius 1 is 1.24 bits per heavy atom. The molecule has 0 unspecified atom stereocenters. The maximum Gasteiger partial charge on any atom is 0.121 e. The van der Waals surface area contributed by atoms with Gasteiger partial charge in [-0.2, -0.15) is 0 Å². The summed E-state index contributed by atoms with van der Waals surface area (Å²) < 4.78 is 5.87. The van der Waals surface area contributed by atoms with E-state index in [1.54, 1.807) is 29.5 Å². The van der Waals surface area contributed by atoms with Crippen molar-refractivity contribution in [3.05, 3.63) is 62.8 Å². The van der Waals surface area contributed by atoms with Gasteiger partial charge in [-0.1, -0.05) is 29.3 Å². The number of aryl methyl sites for hydroxylation is 1. The summed E-state index contributed by atoms with van der Waals surface area (Å²) >= 11 is 7.84. The summed E-state index contributed by atoms with van der Waals surface area (Å²) in [5, 5.41) is 22.2. The van der Waals surface area contributed by atoms with Gasteiger partial charge >= 0.3 is 0 Å². The molecule has 5 heteroatoms. The average molecular weight is 379 g/mol. The van der Waals surface area contributed by atoms with Crippen molar-refractivity contribution < 1.29 is 14.9 Å². The molecule has 0 fully saturated rings. The molecule has 1 aliphatic carbocycles. The predicted molar refractivity (Wildman–Crippen MR) is 102 cm³/mol. The fourth-order valence-corrected chi connectivity index (χ4v) is 4.24. The van der Waals surface area contributed by atoms with E-state index in [2.05, 4.69) is 23.6 Å². The Balaban J connectivity index is 1.54. The van der Waals surface area contributed by atoms with Gasteiger partial charge in [0.25, 0.3) is 0 Å². The van der Waals surface area contributed by atoms with E-state index in [0.717, 1.165) is 24.8 Å². The highest BCUT2D eigenvalue weighted by molar-refractivity contribution is 7.09. The van der Waals surface area contributed by atoms with Crippen LogP contribution in [0.5, 0.6) is 5.75 Å². The van der Waals surface area contributed by atoms with Gasteiger partial charge in [0.05, 0.1) is 19.3 Å². The molecule has 2 aromatic rings. The Morgan fingerprint density at radius 2 is 2.12 bits per heavy atom. The van der Waals surface area contributed by atoms with Crippen molar-refractivity contribution >= 4 is 22.9 Å². The molecule has 134 valence electrons. The van der Waals surface area contributed by atoms with Crippen LogP contribution in [0.3, 0.4) is 0 Å². The molecule has 3 nitrogen and oxygen atoms in total. The van der Waals surface area contributed by atoms with Crippen molar-refractivity contribution in [3.8, 4) is 5.75 Å². The third kappa shape index (κ3) is 5.08. The summed E-state index contributed by atoms with van der Waals surface area (Å²) in [6, 6.07) is 9.49. The van der Waals surface area contributed by atoms with Gasteiger partial charge in [0.1, 0.15) is 5.75 Å². The molecule has 1 aliphatic rings. The van der Waals surface area contributed by atoms with Crippen LogP contribution in [0.25, 0.3) is 0 Å². The zero-order chi connectivity index (χ0) is 17.6. The monoisotopic (exact) mass is 378 g/mol. The molecule has 0 bridgehead atoms. The summed E-state index contributed by atoms with van der Waals surface area (Å²) in [4.78, 5) is 1.41. The topological polar surface area (TPSA) is 49.7 Å². The molecule has 2 atom stereocenters. The summed E-state index contributed by atoms with van der Waals surface area (Å²) in [6.07, 6.45) is 5.62. The second kappa shape index (κ2) is 8.86. The molecule has 3 rings (SSSR count). The zero-order valence-corrected chi connectivity index (χ0v) is 15.6. The van der Waals surface area contributed by atoms with Crippen molar-refractivity contribution in [2.24, 2.45) is 5.92 Å². The van der Waals surface area contributed by atoms with E-state index in [-0.39, 0.29) is 18.6 Å². The molecular formula is C20H23ClO3S. The normalized spacial score (nSPS) is 19.9. The highest BCUT2D eigenvalue weighted by Gasteiger charge is 2.28. The smallest absolute Gasteiger partial charge is 0.121 e. The van der Waals surface area contributed by atoms with Crippen molar-refractivity contribution in [1.82, 2.24) is 0 Å². The van der Waals surface area contributed by atoms with Crippen LogP contribution < -0.4 is 4.74 Å². The molecule has 0 amide bonds. The Labute approximate surface area is 157 Å². The van der Waals surface area contributed by atoms with E-state index in [4.69, 9.17) is 16.3 Å². The number of rotatable bonds is 8. The van der Waals surface area contributed by atoms with Gasteiger partial charge in [-0.05, 0) is 60.9 Å². The highest BCUT2D eigenvalue weighted by Crippen LogP contribution is 2.31. The second-order valence-electron chi connectivity index (χ2n) is 6.39. The Bertz CT molecular complexity index is 712. The molecule has 0 spiro atoms. The fourth-order valence-electron chi connectivity index (χ4n) is 3.24. The van der Waals surface area contributed by atoms with E-state index < -0.39 is 0 Å². The predicted octanol–water partition coefficient (Wildman–Crippen LogP) is 4.60. The molecule has 25 heavy (non-hydrogen) atoms. The summed E-state index contributed by atoms with van der Waals surface area (Å²) in [7, 11) is 0. The van der Waals surface area contributed by atoms with Gasteiger partial charge in [-0.15, -0.1) is 11.3 Å². The number of thiophene rings is 1. The SMILES string of the molecule is OCc1cc(Cl)cc(OC[C@@H]2C(CCCc3cccs3)=CC[C@H]2O)c1. The van der Waals surface area contributed by atoms with Crippen LogP contribution in [0.15, 0.2) is 47.4 Å². The summed E-state index contributed by atoms with van der Waals surface area (Å²) in [5.41, 5.74) is 2.01. The Kier molecular flexibility index (Phi) is 6.54. The van der Waals surface area contributed by atoms with Crippen molar-refractivity contribution in [2.75, 3.05) is 6.61 Å². The van der Waals surface area contributed by atoms with Crippen LogP contribution in [0.1, 0.15) is 29.7 Å². The Hall–Kier alpha value is -1.33. The lowest BCUT2D eigenvalue weighted by molar-refractivity contribution is 0.105. The summed E-state index contributed by atoms with van der Waals surface area (Å²) in [5.74, 6) is 0.661. The molecule has 2 N–H and O–H groups in total. The molecule has 0 radical (unpaired) electrons. The van der Waals surface area contributed by atoms with E-state index in [1.165, 1.54) is 10.5 Å². The minimum absolute atomic E-state index is 0.0277. The third-order valence-electron chi connectivity index (χ3n) is 4.57. The number of hydrogen-bond acceptors (Lipinski definition) is 4. The Morgan fingerprint density at radius 3 is 2.88 bits per heavy atom. The molecule has 1 heterocycles. The van der Waals surface area contributed by atoms with Crippen molar-refractivity contribution in [2.45, 2.75) is 38.4 Å². The van der Waals surface area contributed by atoms with E-state index in [9.17, 15) is 10.2 Å². The van der Waals surface area contributed by atoms with Crippen molar-refractivity contribution in [1.29, 1.82) is 0 Å². The first-order valence-electron chi connectivity index (χ1n) is 8.58. The van der Waals surface area contributed by atoms with Gasteiger partial charge in [0.15, 0.2) is 0 Å². The molecule has 0 saturated heterocycles. The number of benzene rings is 1. The van der Waals surface area contributed by atoms with E-state index in [0.29, 0.717) is 23.8 Å². The number of aliphatic hydroxyl groups is 2. The van der Waals surface area contributed by atoms with Gasteiger partial charge in [0.2, 0.25) is 0 Å². The highest BCUT2D eigenvalue weighted by atomic mass is 35.5. The lowest BCUT2D eigenvalue weighted by Crippen LogP contribution is -2.23. The number of aliphatic hydroxyl groups excluding tert-OH is 2. The van der Waals surface area contributed by atoms with Gasteiger partial charge in [-0.3, -0.25) is 0 Å². The molecule has 0 aliphatic heterocycles. The standard InChI is InChI=1S/C20H23ClO3S/c21-16-9-14(12-22)10-17(11-16)24-13-19-15(6-7-20(19)23)3-1-4-18-5-2-8-25-18/h2,5-6,8-11,19-20,22-23H,1,3-4,7,12-13H2/t19-,20-/m1/s1. The van der Waals surface area contributed by atoms with Crippen LogP contribution in [0, 0.1) is 5.92 Å². The minimum atomic E-state index is -0.381. The van der Waals surface area contributed by atoms with Crippen LogP contribution >= 0.6 is 22.9 Å². The van der Waals surface area contributed by atoms with Gasteiger partial charge in [-0.25, -0.2) is 0 Å². The van der Waals surface area contributed by atoms with Crippen LogP contribution in [-0.2, 0) is 13.0 Å².